The molecule has 150 valence electrons. The number of nitrogens with zero attached hydrogens (tertiary/aromatic N) is 3. The Morgan fingerprint density at radius 2 is 2.03 bits per heavy atom. The van der Waals surface area contributed by atoms with Crippen molar-refractivity contribution >= 4 is 28.5 Å². The van der Waals surface area contributed by atoms with E-state index in [-0.39, 0.29) is 5.91 Å². The zero-order valence-electron chi connectivity index (χ0n) is 16.2. The van der Waals surface area contributed by atoms with Crippen LogP contribution in [0.5, 0.6) is 0 Å². The van der Waals surface area contributed by atoms with E-state index in [1.54, 1.807) is 12.4 Å². The first-order valence-corrected chi connectivity index (χ1v) is 10.8. The minimum absolute atomic E-state index is 0.157. The van der Waals surface area contributed by atoms with Crippen LogP contribution in [0.25, 0.3) is 6.08 Å². The molecule has 0 unspecified atom stereocenters. The van der Waals surface area contributed by atoms with E-state index in [4.69, 9.17) is 5.73 Å². The number of rotatable bonds is 6. The molecule has 0 aliphatic heterocycles. The molecule has 6 nitrogen and oxygen atoms in total. The second-order valence-electron chi connectivity index (χ2n) is 7.44. The molecule has 0 atom stereocenters. The summed E-state index contributed by atoms with van der Waals surface area (Å²) in [6, 6.07) is 7.95. The summed E-state index contributed by atoms with van der Waals surface area (Å²) in [5.74, 6) is 0.418. The quantitative estimate of drug-likeness (QED) is 0.642. The smallest absolute Gasteiger partial charge is 0.274 e. The predicted molar refractivity (Wildman–Crippen MR) is 117 cm³/mol. The Morgan fingerprint density at radius 1 is 1.24 bits per heavy atom. The van der Waals surface area contributed by atoms with Crippen LogP contribution in [0.2, 0.25) is 0 Å². The van der Waals surface area contributed by atoms with Crippen LogP contribution in [-0.2, 0) is 6.54 Å². The van der Waals surface area contributed by atoms with Gasteiger partial charge >= 0.3 is 0 Å². The van der Waals surface area contributed by atoms with Gasteiger partial charge in [-0.15, -0.1) is 11.3 Å². The van der Waals surface area contributed by atoms with Crippen LogP contribution in [0.15, 0.2) is 54.3 Å². The summed E-state index contributed by atoms with van der Waals surface area (Å²) in [6.45, 7) is 0.620. The van der Waals surface area contributed by atoms with Crippen LogP contribution in [0.4, 0.5) is 5.13 Å². The average Bonchev–Trinajstić information content (AvgIpc) is 3.38. The Labute approximate surface area is 174 Å². The molecule has 1 fully saturated rings. The first kappa shape index (κ1) is 19.5. The number of carbonyl (C=O) groups excluding carboxylic acids is 1. The third kappa shape index (κ3) is 5.19. The average molecular weight is 408 g/mol. The van der Waals surface area contributed by atoms with Gasteiger partial charge in [0, 0.05) is 36.6 Å². The zero-order valence-corrected chi connectivity index (χ0v) is 17.0. The number of anilines is 1. The van der Waals surface area contributed by atoms with Crippen molar-refractivity contribution in [2.45, 2.75) is 38.3 Å². The molecule has 1 saturated carbocycles. The fourth-order valence-corrected chi connectivity index (χ4v) is 4.27. The van der Waals surface area contributed by atoms with Gasteiger partial charge in [0.25, 0.3) is 5.91 Å². The van der Waals surface area contributed by atoms with Gasteiger partial charge in [0.05, 0.1) is 5.69 Å². The Morgan fingerprint density at radius 3 is 2.83 bits per heavy atom. The zero-order chi connectivity index (χ0) is 20.1. The number of allylic oxidation sites excluding steroid dienone is 1. The summed E-state index contributed by atoms with van der Waals surface area (Å²) in [6.07, 6.45) is 14.2. The number of pyridine rings is 1. The van der Waals surface area contributed by atoms with Crippen LogP contribution in [-0.4, -0.2) is 26.5 Å². The molecule has 1 amide bonds. The Balaban J connectivity index is 1.37. The molecule has 1 aliphatic carbocycles. The molecule has 3 aromatic rings. The van der Waals surface area contributed by atoms with Gasteiger partial charge in [-0.1, -0.05) is 6.08 Å². The first-order valence-electron chi connectivity index (χ1n) is 9.92. The molecule has 3 N–H and O–H groups in total. The van der Waals surface area contributed by atoms with Gasteiger partial charge in [-0.05, 0) is 67.5 Å². The van der Waals surface area contributed by atoms with Crippen LogP contribution in [0.1, 0.15) is 47.4 Å². The van der Waals surface area contributed by atoms with Crippen molar-refractivity contribution in [3.05, 3.63) is 71.3 Å². The van der Waals surface area contributed by atoms with E-state index in [0.717, 1.165) is 36.9 Å². The van der Waals surface area contributed by atoms with Crippen molar-refractivity contribution in [3.63, 3.8) is 0 Å². The molecular formula is C22H25N5OS. The summed E-state index contributed by atoms with van der Waals surface area (Å²) in [5, 5.41) is 5.50. The second kappa shape index (κ2) is 9.15. The molecule has 0 aromatic carbocycles. The minimum atomic E-state index is -0.157. The van der Waals surface area contributed by atoms with Gasteiger partial charge in [0.2, 0.25) is 0 Å². The van der Waals surface area contributed by atoms with E-state index in [1.807, 2.05) is 40.4 Å². The second-order valence-corrected chi connectivity index (χ2v) is 8.30. The lowest BCUT2D eigenvalue weighted by molar-refractivity contribution is 0.101. The monoisotopic (exact) mass is 407 g/mol. The number of nitrogens with one attached hydrogen (secondary N) is 1. The lowest BCUT2D eigenvalue weighted by Gasteiger charge is -2.23. The highest BCUT2D eigenvalue weighted by atomic mass is 32.1. The summed E-state index contributed by atoms with van der Waals surface area (Å²) in [7, 11) is 0. The number of carbonyl (C=O) groups is 1. The Bertz CT molecular complexity index is 970. The molecule has 0 saturated heterocycles. The summed E-state index contributed by atoms with van der Waals surface area (Å²) >= 11 is 1.44. The maximum Gasteiger partial charge on any atom is 0.274 e. The summed E-state index contributed by atoms with van der Waals surface area (Å²) in [5.41, 5.74) is 8.55. The normalized spacial score (nSPS) is 19.5. The van der Waals surface area contributed by atoms with E-state index in [1.165, 1.54) is 11.3 Å². The highest BCUT2D eigenvalue weighted by Gasteiger charge is 2.16. The van der Waals surface area contributed by atoms with Crippen molar-refractivity contribution < 1.29 is 4.79 Å². The Kier molecular flexibility index (Phi) is 6.17. The van der Waals surface area contributed by atoms with Crippen LogP contribution in [0.3, 0.4) is 0 Å². The molecule has 29 heavy (non-hydrogen) atoms. The largest absolute Gasteiger partial charge is 0.339 e. The number of nitrogens with two attached hydrogens (primary N) is 1. The van der Waals surface area contributed by atoms with Gasteiger partial charge in [-0.2, -0.15) is 0 Å². The fraction of sp³-hybridized carbons (Fsp3) is 0.318. The third-order valence-electron chi connectivity index (χ3n) is 5.26. The summed E-state index contributed by atoms with van der Waals surface area (Å²) < 4.78 is 1.92. The van der Waals surface area contributed by atoms with Crippen LogP contribution < -0.4 is 11.1 Å². The maximum absolute atomic E-state index is 12.7. The maximum atomic E-state index is 12.7. The lowest BCUT2D eigenvalue weighted by atomic mass is 9.86. The van der Waals surface area contributed by atoms with Gasteiger partial charge in [0.15, 0.2) is 5.13 Å². The van der Waals surface area contributed by atoms with Crippen molar-refractivity contribution in [1.29, 1.82) is 0 Å². The first-order chi connectivity index (χ1) is 14.2. The van der Waals surface area contributed by atoms with E-state index < -0.39 is 0 Å². The standard InChI is InChI=1S/C22H25N5OS/c23-18-6-3-16(4-7-18)5-8-19-15-29-22(25-19)26-21(28)20-2-1-13-27(20)14-17-9-11-24-12-10-17/h1-2,5,8-13,15-16,18H,3-4,6-7,14,23H2,(H,25,26,28)/b8-5+/t16-,18-. The number of thiazole rings is 1. The molecule has 7 heteroatoms. The molecule has 3 heterocycles. The van der Waals surface area contributed by atoms with Gasteiger partial charge in [-0.25, -0.2) is 4.98 Å². The van der Waals surface area contributed by atoms with Crippen molar-refractivity contribution in [1.82, 2.24) is 14.5 Å². The minimum Gasteiger partial charge on any atom is -0.339 e. The van der Waals surface area contributed by atoms with E-state index in [9.17, 15) is 4.79 Å². The lowest BCUT2D eigenvalue weighted by Crippen LogP contribution is -2.25. The number of amides is 1. The number of hydrogen-bond acceptors (Lipinski definition) is 5. The summed E-state index contributed by atoms with van der Waals surface area (Å²) in [4.78, 5) is 21.3. The predicted octanol–water partition coefficient (Wildman–Crippen LogP) is 4.17. The van der Waals surface area contributed by atoms with Crippen molar-refractivity contribution in [2.24, 2.45) is 11.7 Å². The molecule has 4 rings (SSSR count). The number of hydrogen-bond donors (Lipinski definition) is 2. The highest BCUT2D eigenvalue weighted by Crippen LogP contribution is 2.25. The molecule has 0 spiro atoms. The van der Waals surface area contributed by atoms with E-state index in [0.29, 0.717) is 29.3 Å². The number of aromatic nitrogens is 3. The van der Waals surface area contributed by atoms with Gasteiger partial charge < -0.3 is 10.3 Å². The van der Waals surface area contributed by atoms with Crippen molar-refractivity contribution in [2.75, 3.05) is 5.32 Å². The fourth-order valence-electron chi connectivity index (χ4n) is 3.60. The Hall–Kier alpha value is -2.77. The van der Waals surface area contributed by atoms with Gasteiger partial charge in [0.1, 0.15) is 5.69 Å². The SMILES string of the molecule is N[C@H]1CC[C@H](/C=C/c2csc(NC(=O)c3cccn3Cc3ccncc3)n2)CC1. The molecule has 3 aromatic heterocycles. The molecule has 0 bridgehead atoms. The molecule has 1 aliphatic rings. The molecule has 0 radical (unpaired) electrons. The van der Waals surface area contributed by atoms with Gasteiger partial charge in [-0.3, -0.25) is 15.1 Å². The van der Waals surface area contributed by atoms with E-state index in [2.05, 4.69) is 27.4 Å². The molecular weight excluding hydrogens is 382 g/mol. The van der Waals surface area contributed by atoms with Crippen molar-refractivity contribution in [3.8, 4) is 0 Å². The topological polar surface area (TPSA) is 85.8 Å². The van der Waals surface area contributed by atoms with Crippen LogP contribution in [0, 0.1) is 5.92 Å². The highest BCUT2D eigenvalue weighted by molar-refractivity contribution is 7.14. The van der Waals surface area contributed by atoms with Crippen LogP contribution >= 0.6 is 11.3 Å². The third-order valence-corrected chi connectivity index (χ3v) is 6.04. The van der Waals surface area contributed by atoms with E-state index >= 15 is 0 Å².